The SMILES string of the molecule is C[C@@H]1C(=NO)[C@H](C)[C@H](c2ccc(Cl)cc2)[NH2+][C@@H]1c1ccc(Cl)cc1. The van der Waals surface area contributed by atoms with Crippen molar-refractivity contribution in [3.8, 4) is 0 Å². The van der Waals surface area contributed by atoms with Crippen LogP contribution in [0, 0.1) is 11.8 Å². The molecule has 0 bridgehead atoms. The minimum Gasteiger partial charge on any atom is -0.411 e. The topological polar surface area (TPSA) is 49.2 Å². The lowest BCUT2D eigenvalue weighted by molar-refractivity contribution is -0.747. The zero-order chi connectivity index (χ0) is 17.3. The summed E-state index contributed by atoms with van der Waals surface area (Å²) < 4.78 is 0. The highest BCUT2D eigenvalue weighted by molar-refractivity contribution is 6.30. The lowest BCUT2D eigenvalue weighted by Crippen LogP contribution is -2.91. The van der Waals surface area contributed by atoms with Crippen LogP contribution in [-0.4, -0.2) is 10.9 Å². The van der Waals surface area contributed by atoms with Crippen LogP contribution in [0.5, 0.6) is 0 Å². The molecule has 0 unspecified atom stereocenters. The number of hydrogen-bond acceptors (Lipinski definition) is 2. The smallest absolute Gasteiger partial charge is 0.120 e. The van der Waals surface area contributed by atoms with Crippen LogP contribution >= 0.6 is 23.2 Å². The second kappa shape index (κ2) is 7.14. The minimum atomic E-state index is 0.134. The molecule has 2 aromatic carbocycles. The van der Waals surface area contributed by atoms with Crippen molar-refractivity contribution in [3.63, 3.8) is 0 Å². The zero-order valence-corrected chi connectivity index (χ0v) is 15.2. The fraction of sp³-hybridized carbons (Fsp3) is 0.316. The number of nitrogens with two attached hydrogens (primary N) is 1. The van der Waals surface area contributed by atoms with Crippen molar-refractivity contribution in [1.82, 2.24) is 0 Å². The molecule has 2 aromatic rings. The first kappa shape index (κ1) is 17.3. The summed E-state index contributed by atoms with van der Waals surface area (Å²) in [5, 5.41) is 17.0. The summed E-state index contributed by atoms with van der Waals surface area (Å²) in [6.45, 7) is 4.22. The summed E-state index contributed by atoms with van der Waals surface area (Å²) in [5.41, 5.74) is 3.19. The highest BCUT2D eigenvalue weighted by atomic mass is 35.5. The quantitative estimate of drug-likeness (QED) is 0.600. The fourth-order valence-corrected chi connectivity index (χ4v) is 3.94. The van der Waals surface area contributed by atoms with E-state index >= 15 is 0 Å². The number of hydrogen-bond donors (Lipinski definition) is 2. The Morgan fingerprint density at radius 1 is 0.792 bits per heavy atom. The maximum atomic E-state index is 9.58. The molecule has 4 atom stereocenters. The number of nitrogens with zero attached hydrogens (tertiary/aromatic N) is 1. The van der Waals surface area contributed by atoms with Crippen molar-refractivity contribution in [1.29, 1.82) is 0 Å². The van der Waals surface area contributed by atoms with E-state index in [9.17, 15) is 5.21 Å². The van der Waals surface area contributed by atoms with E-state index in [0.717, 1.165) is 15.8 Å². The number of piperidine rings is 1. The normalized spacial score (nSPS) is 28.9. The molecule has 3 nitrogen and oxygen atoms in total. The zero-order valence-electron chi connectivity index (χ0n) is 13.7. The van der Waals surface area contributed by atoms with Crippen LogP contribution in [0.15, 0.2) is 53.7 Å². The molecule has 3 rings (SSSR count). The van der Waals surface area contributed by atoms with Gasteiger partial charge in [-0.15, -0.1) is 0 Å². The van der Waals surface area contributed by atoms with Crippen LogP contribution in [0.25, 0.3) is 0 Å². The van der Waals surface area contributed by atoms with Crippen molar-refractivity contribution < 1.29 is 10.5 Å². The van der Waals surface area contributed by atoms with Gasteiger partial charge in [0, 0.05) is 21.2 Å². The van der Waals surface area contributed by atoms with Gasteiger partial charge in [-0.3, -0.25) is 0 Å². The van der Waals surface area contributed by atoms with Crippen LogP contribution in [0.3, 0.4) is 0 Å². The van der Waals surface area contributed by atoms with Gasteiger partial charge in [0.15, 0.2) is 0 Å². The Kier molecular flexibility index (Phi) is 5.14. The molecule has 24 heavy (non-hydrogen) atoms. The van der Waals surface area contributed by atoms with Gasteiger partial charge in [-0.2, -0.15) is 0 Å². The maximum Gasteiger partial charge on any atom is 0.120 e. The van der Waals surface area contributed by atoms with E-state index in [-0.39, 0.29) is 23.9 Å². The van der Waals surface area contributed by atoms with E-state index in [4.69, 9.17) is 23.2 Å². The average Bonchev–Trinajstić information content (AvgIpc) is 2.58. The standard InChI is InChI=1S/C19H20Cl2N2O/c1-11-17(23-24)12(2)19(14-5-9-16(21)10-6-14)22-18(11)13-3-7-15(20)8-4-13/h3-12,18-19,22,24H,1-2H3/p+1/t11-,12+,18+,19-. The van der Waals surface area contributed by atoms with Crippen LogP contribution in [0.1, 0.15) is 37.1 Å². The molecule has 1 aliphatic rings. The van der Waals surface area contributed by atoms with Gasteiger partial charge in [0.2, 0.25) is 0 Å². The first-order valence-electron chi connectivity index (χ1n) is 8.09. The van der Waals surface area contributed by atoms with E-state index in [2.05, 4.69) is 24.3 Å². The summed E-state index contributed by atoms with van der Waals surface area (Å²) in [5.74, 6) is 0.268. The van der Waals surface area contributed by atoms with Crippen molar-refractivity contribution in [3.05, 3.63) is 69.7 Å². The Morgan fingerprint density at radius 3 is 1.50 bits per heavy atom. The Morgan fingerprint density at radius 2 is 1.17 bits per heavy atom. The van der Waals surface area contributed by atoms with E-state index in [1.165, 1.54) is 11.1 Å². The molecular weight excluding hydrogens is 343 g/mol. The van der Waals surface area contributed by atoms with Gasteiger partial charge < -0.3 is 10.5 Å². The molecule has 0 spiro atoms. The van der Waals surface area contributed by atoms with Crippen molar-refractivity contribution >= 4 is 28.9 Å². The molecule has 1 heterocycles. The number of benzene rings is 2. The van der Waals surface area contributed by atoms with Crippen LogP contribution in [0.4, 0.5) is 0 Å². The number of quaternary nitrogens is 1. The summed E-state index contributed by atoms with van der Waals surface area (Å²) in [7, 11) is 0. The first-order chi connectivity index (χ1) is 11.5. The molecule has 1 aliphatic heterocycles. The van der Waals surface area contributed by atoms with E-state index in [1.807, 2.05) is 48.5 Å². The van der Waals surface area contributed by atoms with Crippen LogP contribution in [0.2, 0.25) is 10.0 Å². The van der Waals surface area contributed by atoms with E-state index < -0.39 is 0 Å². The molecular formula is C19H21Cl2N2O+. The molecule has 1 fully saturated rings. The third kappa shape index (κ3) is 3.30. The second-order valence-corrected chi connectivity index (χ2v) is 7.32. The lowest BCUT2D eigenvalue weighted by Gasteiger charge is -2.37. The molecule has 5 heteroatoms. The van der Waals surface area contributed by atoms with Gasteiger partial charge in [-0.25, -0.2) is 0 Å². The lowest BCUT2D eigenvalue weighted by atomic mass is 9.75. The van der Waals surface area contributed by atoms with Crippen LogP contribution in [-0.2, 0) is 0 Å². The Labute approximate surface area is 152 Å². The molecule has 0 aliphatic carbocycles. The molecule has 0 radical (unpaired) electrons. The Hall–Kier alpha value is -1.55. The Balaban J connectivity index is 1.98. The van der Waals surface area contributed by atoms with Gasteiger partial charge in [0.25, 0.3) is 0 Å². The average molecular weight is 364 g/mol. The third-order valence-corrected chi connectivity index (χ3v) is 5.55. The maximum absolute atomic E-state index is 9.58. The van der Waals surface area contributed by atoms with E-state index in [0.29, 0.717) is 0 Å². The number of halogens is 2. The van der Waals surface area contributed by atoms with Gasteiger partial charge in [0.05, 0.1) is 17.5 Å². The third-order valence-electron chi connectivity index (χ3n) is 5.05. The molecule has 126 valence electrons. The largest absolute Gasteiger partial charge is 0.411 e. The van der Waals surface area contributed by atoms with E-state index in [1.54, 1.807) is 0 Å². The summed E-state index contributed by atoms with van der Waals surface area (Å²) in [4.78, 5) is 0. The molecule has 0 saturated carbocycles. The van der Waals surface area contributed by atoms with Crippen LogP contribution < -0.4 is 5.32 Å². The monoisotopic (exact) mass is 363 g/mol. The second-order valence-electron chi connectivity index (χ2n) is 6.45. The number of oxime groups is 1. The predicted molar refractivity (Wildman–Crippen MR) is 97.9 cm³/mol. The minimum absolute atomic E-state index is 0.134. The summed E-state index contributed by atoms with van der Waals surface area (Å²) >= 11 is 12.0. The van der Waals surface area contributed by atoms with Gasteiger partial charge >= 0.3 is 0 Å². The summed E-state index contributed by atoms with van der Waals surface area (Å²) in [6, 6.07) is 16.1. The fourth-order valence-electron chi connectivity index (χ4n) is 3.69. The Bertz CT molecular complexity index is 669. The molecule has 0 amide bonds. The summed E-state index contributed by atoms with van der Waals surface area (Å²) in [6.07, 6.45) is 0. The highest BCUT2D eigenvalue weighted by Gasteiger charge is 2.42. The van der Waals surface area contributed by atoms with Gasteiger partial charge in [0.1, 0.15) is 12.1 Å². The predicted octanol–water partition coefficient (Wildman–Crippen LogP) is 4.46. The van der Waals surface area contributed by atoms with Crippen molar-refractivity contribution in [2.24, 2.45) is 17.0 Å². The molecule has 0 aromatic heterocycles. The highest BCUT2D eigenvalue weighted by Crippen LogP contribution is 2.34. The van der Waals surface area contributed by atoms with Crippen molar-refractivity contribution in [2.45, 2.75) is 25.9 Å². The van der Waals surface area contributed by atoms with Crippen molar-refractivity contribution in [2.75, 3.05) is 0 Å². The van der Waals surface area contributed by atoms with Gasteiger partial charge in [-0.1, -0.05) is 66.5 Å². The van der Waals surface area contributed by atoms with Gasteiger partial charge in [-0.05, 0) is 24.3 Å². The molecule has 3 N–H and O–H groups in total. The molecule has 1 saturated heterocycles. The number of rotatable bonds is 2. The first-order valence-corrected chi connectivity index (χ1v) is 8.84.